The monoisotopic (exact) mass is 246 g/mol. The molecule has 0 heterocycles. The van der Waals surface area contributed by atoms with Crippen LogP contribution in [0.5, 0.6) is 0 Å². The van der Waals surface area contributed by atoms with Crippen molar-refractivity contribution in [2.45, 2.75) is 19.9 Å². The highest BCUT2D eigenvalue weighted by molar-refractivity contribution is 5.40. The van der Waals surface area contributed by atoms with Crippen LogP contribution in [0.4, 0.5) is 0 Å². The molecule has 1 rings (SSSR count). The maximum Gasteiger partial charge on any atom is 0.104 e. The van der Waals surface area contributed by atoms with Crippen LogP contribution >= 0.6 is 0 Å². The van der Waals surface area contributed by atoms with Gasteiger partial charge < -0.3 is 4.48 Å². The Hall–Kier alpha value is -1.44. The summed E-state index contributed by atoms with van der Waals surface area (Å²) in [5.41, 5.74) is 1.39. The maximum absolute atomic E-state index is 4.14. The largest absolute Gasteiger partial charge is 0.325 e. The van der Waals surface area contributed by atoms with Gasteiger partial charge in [-0.1, -0.05) is 30.3 Å². The van der Waals surface area contributed by atoms with Crippen molar-refractivity contribution in [2.24, 2.45) is 9.98 Å². The average molecular weight is 246 g/mol. The zero-order valence-corrected chi connectivity index (χ0v) is 11.8. The number of hydrogen-bond acceptors (Lipinski definition) is 2. The van der Waals surface area contributed by atoms with E-state index in [4.69, 9.17) is 0 Å². The third kappa shape index (κ3) is 6.33. The van der Waals surface area contributed by atoms with Crippen LogP contribution < -0.4 is 0 Å². The topological polar surface area (TPSA) is 24.7 Å². The van der Waals surface area contributed by atoms with E-state index in [0.29, 0.717) is 0 Å². The number of benzene rings is 1. The van der Waals surface area contributed by atoms with Gasteiger partial charge in [-0.3, -0.25) is 0 Å². The first kappa shape index (κ1) is 14.6. The highest BCUT2D eigenvalue weighted by Gasteiger charge is 2.14. The second kappa shape index (κ2) is 7.80. The molecule has 0 unspecified atom stereocenters. The van der Waals surface area contributed by atoms with E-state index in [-0.39, 0.29) is 0 Å². The van der Waals surface area contributed by atoms with Gasteiger partial charge in [0.1, 0.15) is 6.54 Å². The molecule has 0 aliphatic heterocycles. The summed E-state index contributed by atoms with van der Waals surface area (Å²) >= 11 is 0. The predicted molar refractivity (Wildman–Crippen MR) is 77.0 cm³/mol. The smallest absolute Gasteiger partial charge is 0.104 e. The van der Waals surface area contributed by atoms with Crippen LogP contribution in [0.2, 0.25) is 0 Å². The number of nitrogens with zero attached hydrogens (tertiary/aromatic N) is 3. The Morgan fingerprint density at radius 3 is 2.50 bits per heavy atom. The Balaban J connectivity index is 2.34. The Morgan fingerprint density at radius 2 is 1.83 bits per heavy atom. The maximum atomic E-state index is 4.14. The zero-order chi connectivity index (χ0) is 13.3. The van der Waals surface area contributed by atoms with Crippen LogP contribution in [0.3, 0.4) is 0 Å². The van der Waals surface area contributed by atoms with Gasteiger partial charge in [-0.25, -0.2) is 9.98 Å². The summed E-state index contributed by atoms with van der Waals surface area (Å²) in [7, 11) is 4.52. The molecular weight excluding hydrogens is 222 g/mol. The molecule has 0 spiro atoms. The van der Waals surface area contributed by atoms with Crippen molar-refractivity contribution in [1.29, 1.82) is 0 Å². The molecule has 1 aromatic carbocycles. The van der Waals surface area contributed by atoms with Gasteiger partial charge in [-0.05, 0) is 6.92 Å². The minimum Gasteiger partial charge on any atom is -0.325 e. The number of hydrogen-bond donors (Lipinski definition) is 0. The molecule has 0 bridgehead atoms. The summed E-state index contributed by atoms with van der Waals surface area (Å²) in [5, 5.41) is 0. The molecule has 0 atom stereocenters. The van der Waals surface area contributed by atoms with Crippen molar-refractivity contribution in [3.05, 3.63) is 35.9 Å². The van der Waals surface area contributed by atoms with Gasteiger partial charge in [0, 0.05) is 18.5 Å². The third-order valence-electron chi connectivity index (χ3n) is 2.79. The first-order chi connectivity index (χ1) is 8.64. The Kier molecular flexibility index (Phi) is 6.34. The number of aliphatic imine (C=N–C) groups is 2. The van der Waals surface area contributed by atoms with E-state index < -0.39 is 0 Å². The quantitative estimate of drug-likeness (QED) is 0.401. The lowest BCUT2D eigenvalue weighted by atomic mass is 10.2. The lowest BCUT2D eigenvalue weighted by molar-refractivity contribution is -0.903. The van der Waals surface area contributed by atoms with Crippen LogP contribution in [0.25, 0.3) is 0 Å². The molecule has 0 aromatic heterocycles. The standard InChI is InChI=1S/C15H24N3/c1-4-16-14-17-11-8-12-18(2,3)13-15-9-6-5-7-10-15/h5-7,9-10H,4,8,11-13H2,1-3H3/q+1. The molecule has 0 saturated carbocycles. The molecule has 18 heavy (non-hydrogen) atoms. The highest BCUT2D eigenvalue weighted by atomic mass is 15.3. The van der Waals surface area contributed by atoms with Gasteiger partial charge in [0.25, 0.3) is 0 Å². The molecule has 0 aliphatic carbocycles. The van der Waals surface area contributed by atoms with Crippen molar-refractivity contribution in [2.75, 3.05) is 33.7 Å². The molecule has 3 heteroatoms. The summed E-state index contributed by atoms with van der Waals surface area (Å²) in [6.07, 6.45) is 1.08. The summed E-state index contributed by atoms with van der Waals surface area (Å²) in [6.45, 7) is 5.75. The molecule has 0 saturated heterocycles. The third-order valence-corrected chi connectivity index (χ3v) is 2.79. The SMILES string of the molecule is CCN=C=NCCC[N+](C)(C)Cc1ccccc1. The number of quaternary nitrogens is 1. The van der Waals surface area contributed by atoms with E-state index in [1.807, 2.05) is 6.92 Å². The van der Waals surface area contributed by atoms with Gasteiger partial charge in [0.15, 0.2) is 0 Å². The lowest BCUT2D eigenvalue weighted by Gasteiger charge is -2.29. The average Bonchev–Trinajstić information content (AvgIpc) is 2.34. The van der Waals surface area contributed by atoms with E-state index in [9.17, 15) is 0 Å². The van der Waals surface area contributed by atoms with E-state index >= 15 is 0 Å². The summed E-state index contributed by atoms with van der Waals surface area (Å²) in [4.78, 5) is 8.10. The number of rotatable bonds is 7. The molecule has 0 amide bonds. The molecule has 98 valence electrons. The summed E-state index contributed by atoms with van der Waals surface area (Å²) in [5.74, 6) is 0. The van der Waals surface area contributed by atoms with Gasteiger partial charge in [-0.15, -0.1) is 0 Å². The minimum absolute atomic E-state index is 0.763. The van der Waals surface area contributed by atoms with Crippen LogP contribution in [-0.4, -0.2) is 44.2 Å². The molecule has 0 fully saturated rings. The first-order valence-corrected chi connectivity index (χ1v) is 6.58. The van der Waals surface area contributed by atoms with Crippen molar-refractivity contribution >= 4 is 6.01 Å². The molecular formula is C15H24N3+. The fraction of sp³-hybridized carbons (Fsp3) is 0.533. The van der Waals surface area contributed by atoms with E-state index in [1.54, 1.807) is 0 Å². The van der Waals surface area contributed by atoms with E-state index in [0.717, 1.165) is 37.1 Å². The van der Waals surface area contributed by atoms with E-state index in [1.165, 1.54) is 5.56 Å². The normalized spacial score (nSPS) is 10.8. The van der Waals surface area contributed by atoms with Crippen molar-refractivity contribution < 1.29 is 4.48 Å². The fourth-order valence-electron chi connectivity index (χ4n) is 1.91. The predicted octanol–water partition coefficient (Wildman–Crippen LogP) is 2.85. The van der Waals surface area contributed by atoms with Crippen LogP contribution in [0, 0.1) is 0 Å². The van der Waals surface area contributed by atoms with Gasteiger partial charge >= 0.3 is 0 Å². The van der Waals surface area contributed by atoms with Crippen LogP contribution in [0.15, 0.2) is 40.3 Å². The Morgan fingerprint density at radius 1 is 1.11 bits per heavy atom. The van der Waals surface area contributed by atoms with E-state index in [2.05, 4.69) is 60.4 Å². The van der Waals surface area contributed by atoms with Crippen LogP contribution in [-0.2, 0) is 6.54 Å². The van der Waals surface area contributed by atoms with Gasteiger partial charge in [0.05, 0.1) is 33.2 Å². The van der Waals surface area contributed by atoms with Crippen molar-refractivity contribution in [1.82, 2.24) is 0 Å². The Labute approximate surface area is 110 Å². The minimum atomic E-state index is 0.763. The molecule has 0 aliphatic rings. The summed E-state index contributed by atoms with van der Waals surface area (Å²) in [6, 6.07) is 13.3. The van der Waals surface area contributed by atoms with Gasteiger partial charge in [-0.2, -0.15) is 0 Å². The van der Waals surface area contributed by atoms with Gasteiger partial charge in [0.2, 0.25) is 0 Å². The molecule has 1 aromatic rings. The van der Waals surface area contributed by atoms with Crippen molar-refractivity contribution in [3.8, 4) is 0 Å². The lowest BCUT2D eigenvalue weighted by Crippen LogP contribution is -2.39. The highest BCUT2D eigenvalue weighted by Crippen LogP contribution is 2.09. The summed E-state index contributed by atoms with van der Waals surface area (Å²) < 4.78 is 0.991. The van der Waals surface area contributed by atoms with Crippen molar-refractivity contribution in [3.63, 3.8) is 0 Å². The second-order valence-electron chi connectivity index (χ2n) is 5.11. The molecule has 0 radical (unpaired) electrons. The second-order valence-corrected chi connectivity index (χ2v) is 5.11. The molecule has 0 N–H and O–H groups in total. The zero-order valence-electron chi connectivity index (χ0n) is 11.8. The fourth-order valence-corrected chi connectivity index (χ4v) is 1.91. The van der Waals surface area contributed by atoms with Crippen LogP contribution in [0.1, 0.15) is 18.9 Å². The first-order valence-electron chi connectivity index (χ1n) is 6.58. The Bertz CT molecular complexity index is 389. The molecule has 3 nitrogen and oxygen atoms in total.